The molecule has 0 amide bonds. The molecule has 0 atom stereocenters. The molecule has 2 aromatic carbocycles. The zero-order valence-electron chi connectivity index (χ0n) is 19.7. The van der Waals surface area contributed by atoms with Crippen molar-refractivity contribution in [1.82, 2.24) is 29.3 Å². The van der Waals surface area contributed by atoms with E-state index in [4.69, 9.17) is 5.10 Å². The van der Waals surface area contributed by atoms with E-state index < -0.39 is 0 Å². The van der Waals surface area contributed by atoms with Gasteiger partial charge in [-0.3, -0.25) is 4.68 Å². The Morgan fingerprint density at radius 3 is 2.54 bits per heavy atom. The molecule has 0 aliphatic heterocycles. The Hall–Kier alpha value is -4.72. The maximum Gasteiger partial charge on any atom is 0.222 e. The first-order chi connectivity index (χ1) is 17.1. The van der Waals surface area contributed by atoms with Crippen LogP contribution in [0.25, 0.3) is 38.8 Å². The van der Waals surface area contributed by atoms with Crippen LogP contribution in [0.3, 0.4) is 0 Å². The van der Waals surface area contributed by atoms with Gasteiger partial charge in [0.15, 0.2) is 5.82 Å². The lowest BCUT2D eigenvalue weighted by atomic mass is 9.96. The van der Waals surface area contributed by atoms with Crippen LogP contribution in [-0.4, -0.2) is 36.3 Å². The molecule has 35 heavy (non-hydrogen) atoms. The molecule has 6 aromatic rings. The maximum absolute atomic E-state index is 4.81. The summed E-state index contributed by atoms with van der Waals surface area (Å²) in [5.41, 5.74) is 6.28. The highest BCUT2D eigenvalue weighted by atomic mass is 15.3. The van der Waals surface area contributed by atoms with Crippen molar-refractivity contribution in [3.63, 3.8) is 0 Å². The lowest BCUT2D eigenvalue weighted by Gasteiger charge is -2.11. The number of benzene rings is 2. The van der Waals surface area contributed by atoms with Gasteiger partial charge in [0.1, 0.15) is 5.82 Å². The van der Waals surface area contributed by atoms with E-state index in [0.717, 1.165) is 50.3 Å². The van der Waals surface area contributed by atoms with Crippen molar-refractivity contribution < 1.29 is 0 Å². The first-order valence-corrected chi connectivity index (χ1v) is 11.4. The number of rotatable bonds is 5. The Labute approximate surface area is 202 Å². The van der Waals surface area contributed by atoms with Crippen molar-refractivity contribution >= 4 is 39.3 Å². The summed E-state index contributed by atoms with van der Waals surface area (Å²) >= 11 is 0. The zero-order chi connectivity index (χ0) is 23.9. The number of hydrogen-bond donors (Lipinski definition) is 2. The SMILES string of the molecule is CNc1ncc2cc(-c3c(C)ccc4c(Nc5ccc(-n6cccc6)nc5)nn(C)c34)ccc2n1. The fraction of sp³-hybridized carbons (Fsp3) is 0.111. The van der Waals surface area contributed by atoms with Gasteiger partial charge in [0.05, 0.1) is 22.9 Å². The summed E-state index contributed by atoms with van der Waals surface area (Å²) in [7, 11) is 3.80. The number of fused-ring (bicyclic) bond motifs is 2. The van der Waals surface area contributed by atoms with Gasteiger partial charge in [-0.2, -0.15) is 5.10 Å². The van der Waals surface area contributed by atoms with Crippen molar-refractivity contribution in [2.75, 3.05) is 17.7 Å². The Kier molecular flexibility index (Phi) is 4.92. The fourth-order valence-electron chi connectivity index (χ4n) is 4.48. The summed E-state index contributed by atoms with van der Waals surface area (Å²) in [5.74, 6) is 2.27. The van der Waals surface area contributed by atoms with E-state index in [2.05, 4.69) is 56.8 Å². The van der Waals surface area contributed by atoms with Crippen molar-refractivity contribution in [3.05, 3.63) is 84.9 Å². The average molecular weight is 461 g/mol. The molecule has 0 spiro atoms. The highest BCUT2D eigenvalue weighted by Crippen LogP contribution is 2.36. The molecule has 6 rings (SSSR count). The second-order valence-electron chi connectivity index (χ2n) is 8.46. The number of hydrogen-bond acceptors (Lipinski definition) is 6. The molecule has 0 radical (unpaired) electrons. The minimum Gasteiger partial charge on any atom is -0.357 e. The van der Waals surface area contributed by atoms with Gasteiger partial charge in [-0.05, 0) is 60.5 Å². The summed E-state index contributed by atoms with van der Waals surface area (Å²) in [4.78, 5) is 13.5. The van der Waals surface area contributed by atoms with Crippen LogP contribution in [0.2, 0.25) is 0 Å². The topological polar surface area (TPSA) is 85.5 Å². The summed E-state index contributed by atoms with van der Waals surface area (Å²) in [6.45, 7) is 2.13. The van der Waals surface area contributed by atoms with Gasteiger partial charge in [-0.25, -0.2) is 15.0 Å². The van der Waals surface area contributed by atoms with E-state index >= 15 is 0 Å². The molecule has 0 unspecified atom stereocenters. The van der Waals surface area contributed by atoms with Gasteiger partial charge >= 0.3 is 0 Å². The number of anilines is 3. The van der Waals surface area contributed by atoms with Gasteiger partial charge in [0.25, 0.3) is 0 Å². The minimum atomic E-state index is 0.613. The normalized spacial score (nSPS) is 11.3. The molecule has 4 aromatic heterocycles. The van der Waals surface area contributed by atoms with Crippen LogP contribution in [0.1, 0.15) is 5.56 Å². The van der Waals surface area contributed by atoms with E-state index in [0.29, 0.717) is 5.95 Å². The molecule has 4 heterocycles. The second-order valence-corrected chi connectivity index (χ2v) is 8.46. The maximum atomic E-state index is 4.81. The summed E-state index contributed by atoms with van der Waals surface area (Å²) in [6, 6.07) is 18.5. The van der Waals surface area contributed by atoms with Crippen LogP contribution >= 0.6 is 0 Å². The number of pyridine rings is 1. The summed E-state index contributed by atoms with van der Waals surface area (Å²) in [6.07, 6.45) is 7.63. The van der Waals surface area contributed by atoms with Crippen LogP contribution in [0, 0.1) is 6.92 Å². The highest BCUT2D eigenvalue weighted by Gasteiger charge is 2.17. The summed E-state index contributed by atoms with van der Waals surface area (Å²) < 4.78 is 3.91. The largest absolute Gasteiger partial charge is 0.357 e. The molecule has 0 aliphatic carbocycles. The monoisotopic (exact) mass is 460 g/mol. The van der Waals surface area contributed by atoms with Gasteiger partial charge in [0, 0.05) is 49.0 Å². The molecule has 0 saturated carbocycles. The van der Waals surface area contributed by atoms with Gasteiger partial charge in [-0.15, -0.1) is 0 Å². The van der Waals surface area contributed by atoms with Crippen LogP contribution in [0.15, 0.2) is 79.4 Å². The quantitative estimate of drug-likeness (QED) is 0.355. The molecule has 172 valence electrons. The van der Waals surface area contributed by atoms with E-state index in [1.165, 1.54) is 5.56 Å². The van der Waals surface area contributed by atoms with Crippen molar-refractivity contribution in [2.24, 2.45) is 7.05 Å². The fourth-order valence-corrected chi connectivity index (χ4v) is 4.48. The van der Waals surface area contributed by atoms with E-state index in [1.54, 1.807) is 0 Å². The van der Waals surface area contributed by atoms with E-state index in [9.17, 15) is 0 Å². The van der Waals surface area contributed by atoms with Crippen molar-refractivity contribution in [1.29, 1.82) is 0 Å². The van der Waals surface area contributed by atoms with E-state index in [-0.39, 0.29) is 0 Å². The Balaban J connectivity index is 1.40. The standard InChI is InChI=1S/C27H24N8/c1-17-6-9-21-25(24(17)18-7-10-22-19(14-18)15-30-27(28-2)32-22)34(3)33-26(21)31-20-8-11-23(29-16-20)35-12-4-5-13-35/h4-16H,1-3H3,(H,31,33)(H,28,30,32). The smallest absolute Gasteiger partial charge is 0.222 e. The molecule has 0 bridgehead atoms. The van der Waals surface area contributed by atoms with E-state index in [1.807, 2.05) is 78.5 Å². The molecule has 2 N–H and O–H groups in total. The first kappa shape index (κ1) is 20.9. The molecular formula is C27H24N8. The number of nitrogens with one attached hydrogen (secondary N) is 2. The Morgan fingerprint density at radius 1 is 0.914 bits per heavy atom. The lowest BCUT2D eigenvalue weighted by molar-refractivity contribution is 0.801. The number of aryl methyl sites for hydroxylation is 2. The highest BCUT2D eigenvalue weighted by molar-refractivity contribution is 6.03. The van der Waals surface area contributed by atoms with Gasteiger partial charge in [-0.1, -0.05) is 12.1 Å². The molecule has 0 saturated heterocycles. The average Bonchev–Trinajstić information content (AvgIpc) is 3.53. The lowest BCUT2D eigenvalue weighted by Crippen LogP contribution is -1.97. The third kappa shape index (κ3) is 3.65. The van der Waals surface area contributed by atoms with Crippen molar-refractivity contribution in [3.8, 4) is 16.9 Å². The zero-order valence-corrected chi connectivity index (χ0v) is 19.7. The summed E-state index contributed by atoms with van der Waals surface area (Å²) in [5, 5.41) is 13.3. The molecular weight excluding hydrogens is 436 g/mol. The van der Waals surface area contributed by atoms with Crippen LogP contribution in [0.5, 0.6) is 0 Å². The molecule has 8 heteroatoms. The number of aromatic nitrogens is 6. The Bertz CT molecular complexity index is 1660. The van der Waals surface area contributed by atoms with Gasteiger partial charge < -0.3 is 15.2 Å². The second kappa shape index (κ2) is 8.25. The van der Waals surface area contributed by atoms with Gasteiger partial charge in [0.2, 0.25) is 5.95 Å². The van der Waals surface area contributed by atoms with Crippen molar-refractivity contribution in [2.45, 2.75) is 6.92 Å². The Morgan fingerprint density at radius 2 is 1.77 bits per heavy atom. The molecule has 8 nitrogen and oxygen atoms in total. The predicted octanol–water partition coefficient (Wildman–Crippen LogP) is 5.46. The third-order valence-electron chi connectivity index (χ3n) is 6.19. The predicted molar refractivity (Wildman–Crippen MR) is 140 cm³/mol. The van der Waals surface area contributed by atoms with Crippen LogP contribution < -0.4 is 10.6 Å². The van der Waals surface area contributed by atoms with Crippen LogP contribution in [0.4, 0.5) is 17.5 Å². The molecule has 0 aliphatic rings. The minimum absolute atomic E-state index is 0.613. The third-order valence-corrected chi connectivity index (χ3v) is 6.19. The molecule has 0 fully saturated rings. The van der Waals surface area contributed by atoms with Crippen LogP contribution in [-0.2, 0) is 7.05 Å². The number of nitrogens with zero attached hydrogens (tertiary/aromatic N) is 6. The first-order valence-electron chi connectivity index (χ1n) is 11.4.